The molecule has 0 aliphatic carbocycles. The van der Waals surface area contributed by atoms with E-state index in [0.717, 1.165) is 0 Å². The van der Waals surface area contributed by atoms with Gasteiger partial charge in [-0.25, -0.2) is 4.79 Å². The minimum absolute atomic E-state index is 0.00668. The summed E-state index contributed by atoms with van der Waals surface area (Å²) in [5, 5.41) is 20.5. The van der Waals surface area contributed by atoms with Crippen LogP contribution in [0.15, 0.2) is 12.1 Å². The van der Waals surface area contributed by atoms with Crippen LogP contribution >= 0.6 is 0 Å². The number of carbonyl (C=O) groups is 1. The van der Waals surface area contributed by atoms with Crippen LogP contribution in [-0.4, -0.2) is 35.4 Å². The summed E-state index contributed by atoms with van der Waals surface area (Å²) in [4.78, 5) is 23.3. The van der Waals surface area contributed by atoms with Crippen molar-refractivity contribution in [3.63, 3.8) is 0 Å². The quantitative estimate of drug-likeness (QED) is 0.484. The molecule has 1 aromatic carbocycles. The predicted octanol–water partition coefficient (Wildman–Crippen LogP) is 1.06. The molecule has 1 amide bonds. The molecule has 20 heavy (non-hydrogen) atoms. The first kappa shape index (κ1) is 14.1. The lowest BCUT2D eigenvalue weighted by Crippen LogP contribution is -2.24. The first-order valence-corrected chi connectivity index (χ1v) is 6.09. The minimum Gasteiger partial charge on any atom is -0.447 e. The van der Waals surface area contributed by atoms with E-state index in [1.54, 1.807) is 13.0 Å². The lowest BCUT2D eigenvalue weighted by Gasteiger charge is -2.16. The fourth-order valence-corrected chi connectivity index (χ4v) is 2.10. The van der Waals surface area contributed by atoms with Crippen LogP contribution in [-0.2, 0) is 11.2 Å². The summed E-state index contributed by atoms with van der Waals surface area (Å²) in [6.45, 7) is 2.12. The second kappa shape index (κ2) is 5.33. The molecule has 108 valence electrons. The van der Waals surface area contributed by atoms with Gasteiger partial charge in [0.2, 0.25) is 0 Å². The maximum absolute atomic E-state index is 11.5. The molecule has 1 heterocycles. The Morgan fingerprint density at radius 2 is 2.30 bits per heavy atom. The number of carbonyl (C=O) groups excluding carboxylic acids is 1. The molecule has 2 rings (SSSR count). The molecule has 1 aromatic rings. The Morgan fingerprint density at radius 3 is 2.80 bits per heavy atom. The van der Waals surface area contributed by atoms with Crippen LogP contribution in [0.4, 0.5) is 21.9 Å². The number of amides is 1. The zero-order valence-electron chi connectivity index (χ0n) is 10.9. The summed E-state index contributed by atoms with van der Waals surface area (Å²) in [5.74, 6) is 0. The highest BCUT2D eigenvalue weighted by atomic mass is 16.6. The number of hydrogen-bond acceptors (Lipinski definition) is 6. The van der Waals surface area contributed by atoms with Crippen molar-refractivity contribution in [2.75, 3.05) is 23.8 Å². The molecule has 1 aliphatic heterocycles. The van der Waals surface area contributed by atoms with Crippen LogP contribution in [0.25, 0.3) is 0 Å². The Labute approximate surface area is 114 Å². The van der Waals surface area contributed by atoms with Crippen molar-refractivity contribution >= 4 is 23.2 Å². The molecule has 1 saturated heterocycles. The third kappa shape index (κ3) is 2.64. The molecule has 0 saturated carbocycles. The molecule has 0 aromatic heterocycles. The Balaban J connectivity index is 2.49. The van der Waals surface area contributed by atoms with Gasteiger partial charge < -0.3 is 15.6 Å². The molecule has 8 nitrogen and oxygen atoms in total. The van der Waals surface area contributed by atoms with Gasteiger partial charge in [-0.15, -0.1) is 0 Å². The summed E-state index contributed by atoms with van der Waals surface area (Å²) in [7, 11) is 0. The number of cyclic esters (lactones) is 1. The number of anilines is 2. The van der Waals surface area contributed by atoms with E-state index < -0.39 is 17.1 Å². The zero-order chi connectivity index (χ0) is 14.9. The highest BCUT2D eigenvalue weighted by Gasteiger charge is 2.27. The predicted molar refractivity (Wildman–Crippen MR) is 71.6 cm³/mol. The third-order valence-electron chi connectivity index (χ3n) is 3.01. The molecule has 8 heteroatoms. The van der Waals surface area contributed by atoms with Gasteiger partial charge in [0.05, 0.1) is 23.3 Å². The van der Waals surface area contributed by atoms with Crippen LogP contribution < -0.4 is 10.6 Å². The number of nitrogens with two attached hydrogens (primary N) is 1. The Bertz CT molecular complexity index is 558. The average molecular weight is 281 g/mol. The van der Waals surface area contributed by atoms with Crippen molar-refractivity contribution in [2.24, 2.45) is 0 Å². The fourth-order valence-electron chi connectivity index (χ4n) is 2.10. The normalized spacial score (nSPS) is 16.1. The van der Waals surface area contributed by atoms with E-state index in [-0.39, 0.29) is 24.4 Å². The van der Waals surface area contributed by atoms with Crippen molar-refractivity contribution in [1.82, 2.24) is 0 Å². The van der Waals surface area contributed by atoms with Gasteiger partial charge in [-0.2, -0.15) is 0 Å². The van der Waals surface area contributed by atoms with Crippen LogP contribution in [0.3, 0.4) is 0 Å². The average Bonchev–Trinajstić information content (AvgIpc) is 2.77. The highest BCUT2D eigenvalue weighted by molar-refractivity contribution is 5.91. The second-order valence-corrected chi connectivity index (χ2v) is 4.61. The topological polar surface area (TPSA) is 119 Å². The molecule has 3 N–H and O–H groups in total. The van der Waals surface area contributed by atoms with E-state index in [4.69, 9.17) is 10.5 Å². The van der Waals surface area contributed by atoms with E-state index in [1.807, 2.05) is 0 Å². The minimum atomic E-state index is -0.697. The Morgan fingerprint density at radius 1 is 1.60 bits per heavy atom. The molecule has 1 atom stereocenters. The standard InChI is InChI=1S/C12H15N3O5/c1-7(16)4-8-5-9(14-2-3-20-12(14)17)6-10(11(8)13)15(18)19/h5-7,16H,2-4,13H2,1H3. The van der Waals surface area contributed by atoms with Crippen molar-refractivity contribution in [1.29, 1.82) is 0 Å². The van der Waals surface area contributed by atoms with Crippen LogP contribution in [0.2, 0.25) is 0 Å². The van der Waals surface area contributed by atoms with Gasteiger partial charge in [-0.05, 0) is 18.6 Å². The lowest BCUT2D eigenvalue weighted by molar-refractivity contribution is -0.383. The first-order valence-electron chi connectivity index (χ1n) is 6.09. The number of nitro benzene ring substituents is 1. The van der Waals surface area contributed by atoms with E-state index >= 15 is 0 Å². The molecule has 0 bridgehead atoms. The van der Waals surface area contributed by atoms with Gasteiger partial charge in [0.25, 0.3) is 5.69 Å². The molecule has 1 aliphatic rings. The smallest absolute Gasteiger partial charge is 0.414 e. The number of aliphatic hydroxyl groups excluding tert-OH is 1. The summed E-state index contributed by atoms with van der Waals surface area (Å²) in [6.07, 6.45) is -1.08. The van der Waals surface area contributed by atoms with E-state index in [1.165, 1.54) is 11.0 Å². The van der Waals surface area contributed by atoms with Crippen molar-refractivity contribution in [3.05, 3.63) is 27.8 Å². The summed E-state index contributed by atoms with van der Waals surface area (Å²) >= 11 is 0. The van der Waals surface area contributed by atoms with Gasteiger partial charge in [0.1, 0.15) is 12.3 Å². The monoisotopic (exact) mass is 281 g/mol. The van der Waals surface area contributed by atoms with Crippen molar-refractivity contribution in [2.45, 2.75) is 19.4 Å². The maximum atomic E-state index is 11.5. The molecular weight excluding hydrogens is 266 g/mol. The third-order valence-corrected chi connectivity index (χ3v) is 3.01. The summed E-state index contributed by atoms with van der Waals surface area (Å²) < 4.78 is 4.81. The van der Waals surface area contributed by atoms with E-state index in [2.05, 4.69) is 0 Å². The van der Waals surface area contributed by atoms with Gasteiger partial charge in [-0.1, -0.05) is 0 Å². The molecule has 1 unspecified atom stereocenters. The lowest BCUT2D eigenvalue weighted by atomic mass is 10.0. The largest absolute Gasteiger partial charge is 0.447 e. The Hall–Kier alpha value is -2.35. The number of ether oxygens (including phenoxy) is 1. The Kier molecular flexibility index (Phi) is 3.75. The second-order valence-electron chi connectivity index (χ2n) is 4.61. The number of aliphatic hydroxyl groups is 1. The number of rotatable bonds is 4. The van der Waals surface area contributed by atoms with Crippen LogP contribution in [0.5, 0.6) is 0 Å². The van der Waals surface area contributed by atoms with Crippen molar-refractivity contribution < 1.29 is 19.6 Å². The van der Waals surface area contributed by atoms with Gasteiger partial charge in [-0.3, -0.25) is 15.0 Å². The maximum Gasteiger partial charge on any atom is 0.414 e. The van der Waals surface area contributed by atoms with Gasteiger partial charge in [0, 0.05) is 12.5 Å². The summed E-state index contributed by atoms with van der Waals surface area (Å²) in [6, 6.07) is 2.81. The highest BCUT2D eigenvalue weighted by Crippen LogP contribution is 2.33. The van der Waals surface area contributed by atoms with Gasteiger partial charge >= 0.3 is 6.09 Å². The molecular formula is C12H15N3O5. The number of benzene rings is 1. The van der Waals surface area contributed by atoms with Crippen molar-refractivity contribution in [3.8, 4) is 0 Å². The molecule has 0 spiro atoms. The molecule has 0 radical (unpaired) electrons. The van der Waals surface area contributed by atoms with E-state index in [0.29, 0.717) is 17.8 Å². The van der Waals surface area contributed by atoms with Crippen LogP contribution in [0.1, 0.15) is 12.5 Å². The zero-order valence-corrected chi connectivity index (χ0v) is 10.9. The summed E-state index contributed by atoms with van der Waals surface area (Å²) in [5.41, 5.74) is 6.26. The SMILES string of the molecule is CC(O)Cc1cc(N2CCOC2=O)cc([N+](=O)[O-])c1N. The van der Waals surface area contributed by atoms with Gasteiger partial charge in [0.15, 0.2) is 0 Å². The number of nitro groups is 1. The first-order chi connectivity index (χ1) is 9.40. The van der Waals surface area contributed by atoms with E-state index in [9.17, 15) is 20.0 Å². The molecule has 1 fully saturated rings. The number of nitrogens with zero attached hydrogens (tertiary/aromatic N) is 2. The fraction of sp³-hybridized carbons (Fsp3) is 0.417. The van der Waals surface area contributed by atoms with Crippen LogP contribution in [0, 0.1) is 10.1 Å². The number of nitrogen functional groups attached to an aromatic ring is 1. The number of hydrogen-bond donors (Lipinski definition) is 2.